The van der Waals surface area contributed by atoms with Gasteiger partial charge in [0.05, 0.1) is 10.5 Å². The molecule has 0 amide bonds. The van der Waals surface area contributed by atoms with Crippen molar-refractivity contribution in [2.24, 2.45) is 0 Å². The topological polar surface area (TPSA) is 15.8 Å². The second-order valence-corrected chi connectivity index (χ2v) is 3.87. The molecule has 0 saturated carbocycles. The van der Waals surface area contributed by atoms with E-state index in [9.17, 15) is 0 Å². The maximum atomic E-state index is 5.91. The van der Waals surface area contributed by atoms with Crippen molar-refractivity contribution in [1.82, 2.24) is 4.98 Å². The molecule has 0 aliphatic carbocycles. The van der Waals surface area contributed by atoms with Gasteiger partial charge in [0.2, 0.25) is 0 Å². The Morgan fingerprint density at radius 2 is 2.18 bits per heavy atom. The van der Waals surface area contributed by atoms with E-state index in [0.29, 0.717) is 0 Å². The highest BCUT2D eigenvalue weighted by molar-refractivity contribution is 14.1. The number of aromatic nitrogens is 1. The second-order valence-electron chi connectivity index (χ2n) is 2.30. The van der Waals surface area contributed by atoms with Crippen molar-refractivity contribution in [3.63, 3.8) is 0 Å². The zero-order valence-electron chi connectivity index (χ0n) is 5.57. The van der Waals surface area contributed by atoms with Crippen LogP contribution in [0.25, 0.3) is 10.9 Å². The highest BCUT2D eigenvalue weighted by atomic mass is 127. The van der Waals surface area contributed by atoms with Crippen molar-refractivity contribution in [2.75, 3.05) is 0 Å². The SMILES string of the molecule is Clc1c[nH]c2c(I)cccc12. The van der Waals surface area contributed by atoms with Crippen LogP contribution in [-0.2, 0) is 0 Å². The first-order valence-corrected chi connectivity index (χ1v) is 4.66. The van der Waals surface area contributed by atoms with E-state index in [1.807, 2.05) is 18.3 Å². The second kappa shape index (κ2) is 2.68. The molecule has 2 aromatic rings. The summed E-state index contributed by atoms with van der Waals surface area (Å²) < 4.78 is 1.20. The van der Waals surface area contributed by atoms with Crippen LogP contribution in [0.15, 0.2) is 24.4 Å². The van der Waals surface area contributed by atoms with E-state index < -0.39 is 0 Å². The fourth-order valence-corrected chi connectivity index (χ4v) is 1.95. The monoisotopic (exact) mass is 277 g/mol. The Kier molecular flexibility index (Phi) is 1.81. The maximum Gasteiger partial charge on any atom is 0.0659 e. The first-order valence-electron chi connectivity index (χ1n) is 3.20. The molecule has 0 aliphatic heterocycles. The van der Waals surface area contributed by atoms with E-state index in [0.717, 1.165) is 15.9 Å². The normalized spacial score (nSPS) is 10.7. The van der Waals surface area contributed by atoms with Gasteiger partial charge in [0.1, 0.15) is 0 Å². The van der Waals surface area contributed by atoms with Crippen molar-refractivity contribution in [1.29, 1.82) is 0 Å². The van der Waals surface area contributed by atoms with Gasteiger partial charge in [0.15, 0.2) is 0 Å². The molecule has 0 bridgehead atoms. The highest BCUT2D eigenvalue weighted by Crippen LogP contribution is 2.25. The summed E-state index contributed by atoms with van der Waals surface area (Å²) in [5.74, 6) is 0. The third-order valence-corrected chi connectivity index (χ3v) is 2.83. The minimum Gasteiger partial charge on any atom is -0.359 e. The third-order valence-electron chi connectivity index (χ3n) is 1.61. The summed E-state index contributed by atoms with van der Waals surface area (Å²) in [5, 5.41) is 1.89. The number of halogens is 2. The average Bonchev–Trinajstić information content (AvgIpc) is 2.35. The summed E-state index contributed by atoms with van der Waals surface area (Å²) in [7, 11) is 0. The number of benzene rings is 1. The molecule has 56 valence electrons. The van der Waals surface area contributed by atoms with E-state index in [-0.39, 0.29) is 0 Å². The number of hydrogen-bond donors (Lipinski definition) is 1. The van der Waals surface area contributed by atoms with Gasteiger partial charge in [0.25, 0.3) is 0 Å². The van der Waals surface area contributed by atoms with Crippen LogP contribution in [0.5, 0.6) is 0 Å². The Morgan fingerprint density at radius 3 is 2.91 bits per heavy atom. The fraction of sp³-hybridized carbons (Fsp3) is 0. The van der Waals surface area contributed by atoms with Gasteiger partial charge in [-0.3, -0.25) is 0 Å². The quantitative estimate of drug-likeness (QED) is 0.710. The molecule has 0 radical (unpaired) electrons. The standard InChI is InChI=1S/C8H5ClIN/c9-6-4-11-8-5(6)2-1-3-7(8)10/h1-4,11H. The number of hydrogen-bond acceptors (Lipinski definition) is 0. The van der Waals surface area contributed by atoms with E-state index in [1.54, 1.807) is 0 Å². The van der Waals surface area contributed by atoms with Crippen molar-refractivity contribution in [3.8, 4) is 0 Å². The predicted octanol–water partition coefficient (Wildman–Crippen LogP) is 3.43. The average molecular weight is 277 g/mol. The Balaban J connectivity index is 2.94. The molecule has 1 N–H and O–H groups in total. The minimum atomic E-state index is 0.790. The molecule has 0 spiro atoms. The molecule has 0 saturated heterocycles. The fourth-order valence-electron chi connectivity index (χ4n) is 1.08. The van der Waals surface area contributed by atoms with E-state index >= 15 is 0 Å². The summed E-state index contributed by atoms with van der Waals surface area (Å²) in [6.45, 7) is 0. The molecule has 1 aromatic carbocycles. The van der Waals surface area contributed by atoms with Crippen molar-refractivity contribution in [2.45, 2.75) is 0 Å². The van der Waals surface area contributed by atoms with Crippen molar-refractivity contribution < 1.29 is 0 Å². The molecule has 0 atom stereocenters. The van der Waals surface area contributed by atoms with Crippen LogP contribution in [0.3, 0.4) is 0 Å². The summed E-state index contributed by atoms with van der Waals surface area (Å²) in [4.78, 5) is 3.12. The summed E-state index contributed by atoms with van der Waals surface area (Å²) in [5.41, 5.74) is 1.12. The number of rotatable bonds is 0. The molecule has 2 rings (SSSR count). The molecule has 0 aliphatic rings. The van der Waals surface area contributed by atoms with Crippen LogP contribution < -0.4 is 0 Å². The molecule has 3 heteroatoms. The van der Waals surface area contributed by atoms with E-state index in [2.05, 4.69) is 33.6 Å². The van der Waals surface area contributed by atoms with E-state index in [4.69, 9.17) is 11.6 Å². The first-order chi connectivity index (χ1) is 5.29. The van der Waals surface area contributed by atoms with Crippen LogP contribution in [0.1, 0.15) is 0 Å². The van der Waals surface area contributed by atoms with Gasteiger partial charge in [0, 0.05) is 15.2 Å². The van der Waals surface area contributed by atoms with Crippen LogP contribution in [-0.4, -0.2) is 4.98 Å². The summed E-state index contributed by atoms with van der Waals surface area (Å²) in [6.07, 6.45) is 1.81. The molecular formula is C8H5ClIN. The van der Waals surface area contributed by atoms with Gasteiger partial charge < -0.3 is 4.98 Å². The molecule has 11 heavy (non-hydrogen) atoms. The van der Waals surface area contributed by atoms with Crippen molar-refractivity contribution in [3.05, 3.63) is 33.0 Å². The van der Waals surface area contributed by atoms with Crippen LogP contribution in [0.2, 0.25) is 5.02 Å². The Labute approximate surface area is 82.9 Å². The van der Waals surface area contributed by atoms with Gasteiger partial charge in [-0.05, 0) is 28.7 Å². The number of para-hydroxylation sites is 1. The molecule has 0 fully saturated rings. The van der Waals surface area contributed by atoms with Crippen LogP contribution in [0.4, 0.5) is 0 Å². The Morgan fingerprint density at radius 1 is 1.36 bits per heavy atom. The van der Waals surface area contributed by atoms with Crippen molar-refractivity contribution >= 4 is 45.1 Å². The lowest BCUT2D eigenvalue weighted by Gasteiger charge is -1.91. The van der Waals surface area contributed by atoms with Crippen LogP contribution in [0, 0.1) is 3.57 Å². The number of aromatic amines is 1. The van der Waals surface area contributed by atoms with Gasteiger partial charge in [-0.2, -0.15) is 0 Å². The Bertz CT molecular complexity index is 394. The minimum absolute atomic E-state index is 0.790. The van der Waals surface area contributed by atoms with Gasteiger partial charge in [-0.15, -0.1) is 0 Å². The third kappa shape index (κ3) is 1.14. The predicted molar refractivity (Wildman–Crippen MR) is 56.0 cm³/mol. The molecule has 0 unspecified atom stereocenters. The van der Waals surface area contributed by atoms with Crippen LogP contribution >= 0.6 is 34.2 Å². The van der Waals surface area contributed by atoms with E-state index in [1.165, 1.54) is 3.57 Å². The molecular weight excluding hydrogens is 272 g/mol. The van der Waals surface area contributed by atoms with Gasteiger partial charge >= 0.3 is 0 Å². The summed E-state index contributed by atoms with van der Waals surface area (Å²) in [6, 6.07) is 6.07. The number of nitrogens with one attached hydrogen (secondary N) is 1. The molecule has 1 heterocycles. The molecule has 1 nitrogen and oxygen atoms in total. The molecule has 1 aromatic heterocycles. The smallest absolute Gasteiger partial charge is 0.0659 e. The Hall–Kier alpha value is -0.220. The first kappa shape index (κ1) is 7.43. The lowest BCUT2D eigenvalue weighted by Crippen LogP contribution is -1.72. The lowest BCUT2D eigenvalue weighted by atomic mass is 10.2. The zero-order valence-corrected chi connectivity index (χ0v) is 8.48. The maximum absolute atomic E-state index is 5.91. The number of H-pyrrole nitrogens is 1. The highest BCUT2D eigenvalue weighted by Gasteiger charge is 2.01. The van der Waals surface area contributed by atoms with Gasteiger partial charge in [-0.25, -0.2) is 0 Å². The summed E-state index contributed by atoms with van der Waals surface area (Å²) >= 11 is 8.19. The van der Waals surface area contributed by atoms with Gasteiger partial charge in [-0.1, -0.05) is 23.7 Å². The zero-order chi connectivity index (χ0) is 7.84. The largest absolute Gasteiger partial charge is 0.359 e. The number of fused-ring (bicyclic) bond motifs is 1. The lowest BCUT2D eigenvalue weighted by molar-refractivity contribution is 1.46.